The Morgan fingerprint density at radius 3 is 2.77 bits per heavy atom. The molecule has 22 heavy (non-hydrogen) atoms. The number of pyridine rings is 1. The number of carboxylic acids is 1. The van der Waals surface area contributed by atoms with E-state index in [0.717, 1.165) is 36.3 Å². The van der Waals surface area contributed by atoms with E-state index in [1.165, 1.54) is 5.56 Å². The van der Waals surface area contributed by atoms with E-state index in [1.807, 2.05) is 43.5 Å². The fraction of sp³-hybridized carbons (Fsp3) is 0.333. The Balaban J connectivity index is 1.75. The van der Waals surface area contributed by atoms with Gasteiger partial charge < -0.3 is 10.4 Å². The van der Waals surface area contributed by atoms with E-state index < -0.39 is 5.97 Å². The second-order valence-electron chi connectivity index (χ2n) is 5.43. The minimum absolute atomic E-state index is 0.171. The van der Waals surface area contributed by atoms with Crippen LogP contribution in [0.15, 0.2) is 42.6 Å². The van der Waals surface area contributed by atoms with Gasteiger partial charge in [-0.05, 0) is 55.5 Å². The average molecular weight is 298 g/mol. The van der Waals surface area contributed by atoms with Crippen molar-refractivity contribution in [3.8, 4) is 0 Å². The van der Waals surface area contributed by atoms with Crippen molar-refractivity contribution in [3.05, 3.63) is 59.4 Å². The van der Waals surface area contributed by atoms with Gasteiger partial charge in [0.1, 0.15) is 0 Å². The van der Waals surface area contributed by atoms with Crippen LogP contribution in [0, 0.1) is 6.92 Å². The number of aromatic nitrogens is 1. The fourth-order valence-electron chi connectivity index (χ4n) is 2.26. The average Bonchev–Trinajstić information content (AvgIpc) is 2.52. The summed E-state index contributed by atoms with van der Waals surface area (Å²) in [6, 6.07) is 12.1. The zero-order valence-corrected chi connectivity index (χ0v) is 12.9. The molecule has 1 heterocycles. The van der Waals surface area contributed by atoms with Crippen LogP contribution >= 0.6 is 0 Å². The Hall–Kier alpha value is -2.36. The molecule has 116 valence electrons. The zero-order valence-electron chi connectivity index (χ0n) is 12.9. The first-order chi connectivity index (χ1) is 10.6. The Kier molecular flexibility index (Phi) is 5.95. The second-order valence-corrected chi connectivity index (χ2v) is 5.43. The van der Waals surface area contributed by atoms with E-state index in [1.54, 1.807) is 0 Å². The minimum Gasteiger partial charge on any atom is -0.481 e. The van der Waals surface area contributed by atoms with Gasteiger partial charge in [-0.15, -0.1) is 0 Å². The van der Waals surface area contributed by atoms with Crippen molar-refractivity contribution in [2.45, 2.75) is 32.6 Å². The molecule has 0 fully saturated rings. The fourth-order valence-corrected chi connectivity index (χ4v) is 2.26. The molecule has 2 rings (SSSR count). The molecule has 0 saturated heterocycles. The summed E-state index contributed by atoms with van der Waals surface area (Å²) in [5.74, 6) is -0.759. The van der Waals surface area contributed by atoms with Crippen molar-refractivity contribution in [2.24, 2.45) is 0 Å². The molecule has 0 radical (unpaired) electrons. The smallest absolute Gasteiger partial charge is 0.303 e. The highest BCUT2D eigenvalue weighted by Crippen LogP contribution is 2.13. The Bertz CT molecular complexity index is 609. The van der Waals surface area contributed by atoms with Crippen molar-refractivity contribution in [1.29, 1.82) is 0 Å². The Labute approximate surface area is 131 Å². The summed E-state index contributed by atoms with van der Waals surface area (Å²) < 4.78 is 0. The lowest BCUT2D eigenvalue weighted by Crippen LogP contribution is -2.04. The molecule has 0 spiro atoms. The Morgan fingerprint density at radius 2 is 2.05 bits per heavy atom. The number of hydrogen-bond donors (Lipinski definition) is 2. The molecule has 0 unspecified atom stereocenters. The van der Waals surface area contributed by atoms with Gasteiger partial charge in [-0.25, -0.2) is 0 Å². The first-order valence-electron chi connectivity index (χ1n) is 7.59. The zero-order chi connectivity index (χ0) is 15.8. The largest absolute Gasteiger partial charge is 0.481 e. The highest BCUT2D eigenvalue weighted by Gasteiger charge is 2.00. The minimum atomic E-state index is -0.759. The molecule has 4 heteroatoms. The van der Waals surface area contributed by atoms with Crippen LogP contribution in [0.25, 0.3) is 0 Å². The predicted molar refractivity (Wildman–Crippen MR) is 88.2 cm³/mol. The summed E-state index contributed by atoms with van der Waals surface area (Å²) >= 11 is 0. The summed E-state index contributed by atoms with van der Waals surface area (Å²) in [5, 5.41) is 12.1. The van der Waals surface area contributed by atoms with Crippen molar-refractivity contribution in [3.63, 3.8) is 0 Å². The summed E-state index contributed by atoms with van der Waals surface area (Å²) in [5.41, 5.74) is 4.39. The maximum absolute atomic E-state index is 10.6. The first kappa shape index (κ1) is 16.0. The van der Waals surface area contributed by atoms with Crippen LogP contribution in [0.4, 0.5) is 5.69 Å². The number of rotatable bonds is 8. The number of carbonyl (C=O) groups is 1. The summed E-state index contributed by atoms with van der Waals surface area (Å²) in [6.45, 7) is 2.87. The second kappa shape index (κ2) is 8.17. The molecule has 2 N–H and O–H groups in total. The van der Waals surface area contributed by atoms with Crippen LogP contribution in [-0.4, -0.2) is 22.6 Å². The van der Waals surface area contributed by atoms with Crippen LogP contribution in [-0.2, 0) is 17.6 Å². The predicted octanol–water partition coefficient (Wildman–Crippen LogP) is 3.45. The molecule has 0 saturated carbocycles. The number of carboxylic acid groups (broad SMARTS) is 1. The lowest BCUT2D eigenvalue weighted by Gasteiger charge is -2.08. The van der Waals surface area contributed by atoms with E-state index in [4.69, 9.17) is 5.11 Å². The van der Waals surface area contributed by atoms with Gasteiger partial charge in [0.05, 0.1) is 0 Å². The van der Waals surface area contributed by atoms with Gasteiger partial charge in [-0.2, -0.15) is 0 Å². The van der Waals surface area contributed by atoms with E-state index in [-0.39, 0.29) is 6.42 Å². The van der Waals surface area contributed by atoms with Gasteiger partial charge in [-0.3, -0.25) is 9.78 Å². The molecule has 0 bridgehead atoms. The SMILES string of the molecule is Cc1ccc(CCCNc2cccc(CCC(=O)O)c2)cn1. The topological polar surface area (TPSA) is 62.2 Å². The number of aliphatic carboxylic acids is 1. The van der Waals surface area contributed by atoms with Gasteiger partial charge >= 0.3 is 5.97 Å². The maximum Gasteiger partial charge on any atom is 0.303 e. The number of hydrogen-bond acceptors (Lipinski definition) is 3. The number of nitrogens with one attached hydrogen (secondary N) is 1. The van der Waals surface area contributed by atoms with Crippen molar-refractivity contribution in [1.82, 2.24) is 4.98 Å². The van der Waals surface area contributed by atoms with Crippen molar-refractivity contribution < 1.29 is 9.90 Å². The van der Waals surface area contributed by atoms with Crippen LogP contribution in [0.1, 0.15) is 29.7 Å². The third kappa shape index (κ3) is 5.56. The third-order valence-corrected chi connectivity index (χ3v) is 3.50. The highest BCUT2D eigenvalue weighted by atomic mass is 16.4. The molecule has 2 aromatic rings. The maximum atomic E-state index is 10.6. The van der Waals surface area contributed by atoms with Crippen molar-refractivity contribution in [2.75, 3.05) is 11.9 Å². The lowest BCUT2D eigenvalue weighted by molar-refractivity contribution is -0.136. The van der Waals surface area contributed by atoms with Crippen LogP contribution in [0.3, 0.4) is 0 Å². The first-order valence-corrected chi connectivity index (χ1v) is 7.59. The quantitative estimate of drug-likeness (QED) is 0.733. The molecule has 0 atom stereocenters. The molecule has 0 aliphatic carbocycles. The van der Waals surface area contributed by atoms with Gasteiger partial charge in [0.2, 0.25) is 0 Å². The van der Waals surface area contributed by atoms with Gasteiger partial charge in [0, 0.05) is 30.5 Å². The Morgan fingerprint density at radius 1 is 1.18 bits per heavy atom. The van der Waals surface area contributed by atoms with E-state index in [9.17, 15) is 4.79 Å². The van der Waals surface area contributed by atoms with Crippen LogP contribution in [0.2, 0.25) is 0 Å². The number of anilines is 1. The van der Waals surface area contributed by atoms with Crippen LogP contribution < -0.4 is 5.32 Å². The van der Waals surface area contributed by atoms with E-state index in [0.29, 0.717) is 6.42 Å². The molecule has 4 nitrogen and oxygen atoms in total. The van der Waals surface area contributed by atoms with Crippen LogP contribution in [0.5, 0.6) is 0 Å². The molecule has 0 aliphatic heterocycles. The number of nitrogens with zero attached hydrogens (tertiary/aromatic N) is 1. The normalized spacial score (nSPS) is 10.4. The van der Waals surface area contributed by atoms with Crippen molar-refractivity contribution >= 4 is 11.7 Å². The third-order valence-electron chi connectivity index (χ3n) is 3.50. The van der Waals surface area contributed by atoms with Gasteiger partial charge in [0.15, 0.2) is 0 Å². The summed E-state index contributed by atoms with van der Waals surface area (Å²) in [6.07, 6.45) is 4.70. The molecular formula is C18H22N2O2. The molecular weight excluding hydrogens is 276 g/mol. The van der Waals surface area contributed by atoms with E-state index >= 15 is 0 Å². The summed E-state index contributed by atoms with van der Waals surface area (Å²) in [7, 11) is 0. The number of benzene rings is 1. The molecule has 0 amide bonds. The van der Waals surface area contributed by atoms with E-state index in [2.05, 4.69) is 16.4 Å². The summed E-state index contributed by atoms with van der Waals surface area (Å²) in [4.78, 5) is 14.9. The molecule has 1 aromatic heterocycles. The molecule has 0 aliphatic rings. The molecule has 1 aromatic carbocycles. The van der Waals surface area contributed by atoms with Gasteiger partial charge in [0.25, 0.3) is 0 Å². The van der Waals surface area contributed by atoms with Gasteiger partial charge in [-0.1, -0.05) is 18.2 Å². The monoisotopic (exact) mass is 298 g/mol. The lowest BCUT2D eigenvalue weighted by atomic mass is 10.1. The standard InChI is InChI=1S/C18H22N2O2/c1-14-7-8-16(13-20-14)5-3-11-19-17-6-2-4-15(12-17)9-10-18(21)22/h2,4,6-8,12-13,19H,3,5,9-11H2,1H3,(H,21,22). The highest BCUT2D eigenvalue weighted by molar-refractivity contribution is 5.67. The number of aryl methyl sites for hydroxylation is 3.